The summed E-state index contributed by atoms with van der Waals surface area (Å²) in [5.74, 6) is 0.704. The lowest BCUT2D eigenvalue weighted by Crippen LogP contribution is -2.45. The SMILES string of the molecule is Cc1cc(Cl)cnc1NC(=S)NCC1(c2cccc(Cl)c2)CCOCC1. The van der Waals surface area contributed by atoms with E-state index in [0.29, 0.717) is 22.5 Å². The number of pyridine rings is 1. The van der Waals surface area contributed by atoms with Gasteiger partial charge in [0.25, 0.3) is 0 Å². The standard InChI is InChI=1S/C19H21Cl2N3OS/c1-13-9-16(21)11-22-17(13)24-18(26)23-12-19(5-7-25-8-6-19)14-3-2-4-15(20)10-14/h2-4,9-11H,5-8,12H2,1H3,(H2,22,23,24,26). The summed E-state index contributed by atoms with van der Waals surface area (Å²) in [6.07, 6.45) is 3.44. The molecule has 3 rings (SSSR count). The van der Waals surface area contributed by atoms with E-state index in [1.807, 2.05) is 31.2 Å². The maximum atomic E-state index is 6.22. The fraction of sp³-hybridized carbons (Fsp3) is 0.368. The van der Waals surface area contributed by atoms with Gasteiger partial charge in [-0.05, 0) is 61.3 Å². The van der Waals surface area contributed by atoms with Crippen molar-refractivity contribution >= 4 is 46.4 Å². The number of hydrogen-bond acceptors (Lipinski definition) is 3. The fourth-order valence-corrected chi connectivity index (χ4v) is 3.79. The van der Waals surface area contributed by atoms with Gasteiger partial charge in [0.1, 0.15) is 5.82 Å². The summed E-state index contributed by atoms with van der Waals surface area (Å²) >= 11 is 17.6. The van der Waals surface area contributed by atoms with Crippen LogP contribution < -0.4 is 10.6 Å². The maximum absolute atomic E-state index is 6.22. The third kappa shape index (κ3) is 4.65. The normalized spacial score (nSPS) is 16.1. The third-order valence-electron chi connectivity index (χ3n) is 4.75. The zero-order valence-corrected chi connectivity index (χ0v) is 16.8. The lowest BCUT2D eigenvalue weighted by Gasteiger charge is -2.38. The minimum Gasteiger partial charge on any atom is -0.381 e. The van der Waals surface area contributed by atoms with E-state index in [1.165, 1.54) is 5.56 Å². The molecular formula is C19H21Cl2N3OS. The Morgan fingerprint density at radius 2 is 2.00 bits per heavy atom. The van der Waals surface area contributed by atoms with Crippen molar-refractivity contribution in [1.82, 2.24) is 10.3 Å². The molecule has 0 radical (unpaired) electrons. The Hall–Kier alpha value is -1.40. The first kappa shape index (κ1) is 19.4. The Balaban J connectivity index is 1.70. The molecule has 0 amide bonds. The van der Waals surface area contributed by atoms with Gasteiger partial charge in [-0.2, -0.15) is 0 Å². The van der Waals surface area contributed by atoms with Gasteiger partial charge in [-0.15, -0.1) is 0 Å². The van der Waals surface area contributed by atoms with Gasteiger partial charge in [0.05, 0.1) is 5.02 Å². The molecule has 0 spiro atoms. The van der Waals surface area contributed by atoms with Crippen molar-refractivity contribution in [2.24, 2.45) is 0 Å². The van der Waals surface area contributed by atoms with Crippen molar-refractivity contribution in [1.29, 1.82) is 0 Å². The minimum absolute atomic E-state index is 0.0582. The van der Waals surface area contributed by atoms with E-state index in [-0.39, 0.29) is 5.41 Å². The molecule has 0 atom stereocenters. The highest BCUT2D eigenvalue weighted by Gasteiger charge is 2.34. The molecule has 26 heavy (non-hydrogen) atoms. The highest BCUT2D eigenvalue weighted by molar-refractivity contribution is 7.80. The molecule has 138 valence electrons. The Morgan fingerprint density at radius 3 is 2.69 bits per heavy atom. The number of ether oxygens (including phenoxy) is 1. The maximum Gasteiger partial charge on any atom is 0.171 e. The third-order valence-corrected chi connectivity index (χ3v) is 5.44. The van der Waals surface area contributed by atoms with Crippen LogP contribution in [-0.4, -0.2) is 29.9 Å². The number of aryl methyl sites for hydroxylation is 1. The topological polar surface area (TPSA) is 46.2 Å². The molecule has 7 heteroatoms. The Bertz CT molecular complexity index is 794. The average Bonchev–Trinajstić information content (AvgIpc) is 2.63. The number of benzene rings is 1. The highest BCUT2D eigenvalue weighted by atomic mass is 35.5. The lowest BCUT2D eigenvalue weighted by molar-refractivity contribution is 0.0515. The summed E-state index contributed by atoms with van der Waals surface area (Å²) in [7, 11) is 0. The first-order chi connectivity index (χ1) is 12.5. The second-order valence-electron chi connectivity index (χ2n) is 6.53. The molecule has 4 nitrogen and oxygen atoms in total. The van der Waals surface area contributed by atoms with Crippen LogP contribution in [0.5, 0.6) is 0 Å². The van der Waals surface area contributed by atoms with Crippen LogP contribution in [0, 0.1) is 6.92 Å². The van der Waals surface area contributed by atoms with Crippen LogP contribution in [0.15, 0.2) is 36.5 Å². The summed E-state index contributed by atoms with van der Waals surface area (Å²) in [6, 6.07) is 9.90. The van der Waals surface area contributed by atoms with Gasteiger partial charge < -0.3 is 15.4 Å². The predicted molar refractivity (Wildman–Crippen MR) is 111 cm³/mol. The van der Waals surface area contributed by atoms with Crippen molar-refractivity contribution in [3.8, 4) is 0 Å². The van der Waals surface area contributed by atoms with Crippen LogP contribution in [0.4, 0.5) is 5.82 Å². The monoisotopic (exact) mass is 409 g/mol. The molecule has 1 aliphatic heterocycles. The average molecular weight is 410 g/mol. The molecule has 2 aromatic rings. The molecule has 1 saturated heterocycles. The quantitative estimate of drug-likeness (QED) is 0.714. The number of anilines is 1. The number of nitrogens with one attached hydrogen (secondary N) is 2. The number of nitrogens with zero attached hydrogens (tertiary/aromatic N) is 1. The highest BCUT2D eigenvalue weighted by Crippen LogP contribution is 2.35. The first-order valence-corrected chi connectivity index (χ1v) is 9.66. The van der Waals surface area contributed by atoms with Crippen LogP contribution in [0.3, 0.4) is 0 Å². The van der Waals surface area contributed by atoms with Crippen molar-refractivity contribution in [2.75, 3.05) is 25.1 Å². The number of halogens is 2. The van der Waals surface area contributed by atoms with Gasteiger partial charge in [-0.25, -0.2) is 4.98 Å². The number of aromatic nitrogens is 1. The van der Waals surface area contributed by atoms with Crippen molar-refractivity contribution < 1.29 is 4.74 Å². The Labute approximate surface area is 169 Å². The predicted octanol–water partition coefficient (Wildman–Crippen LogP) is 4.73. The van der Waals surface area contributed by atoms with E-state index in [4.69, 9.17) is 40.2 Å². The molecule has 0 unspecified atom stereocenters. The number of thiocarbonyl (C=S) groups is 1. The van der Waals surface area contributed by atoms with E-state index in [1.54, 1.807) is 6.20 Å². The molecule has 0 bridgehead atoms. The Morgan fingerprint density at radius 1 is 1.23 bits per heavy atom. The largest absolute Gasteiger partial charge is 0.381 e. The van der Waals surface area contributed by atoms with Crippen LogP contribution in [0.2, 0.25) is 10.0 Å². The molecule has 1 fully saturated rings. The Kier molecular flexibility index (Phi) is 6.35. The summed E-state index contributed by atoms with van der Waals surface area (Å²) in [5, 5.41) is 8.39. The van der Waals surface area contributed by atoms with Crippen LogP contribution in [0.25, 0.3) is 0 Å². The van der Waals surface area contributed by atoms with Crippen LogP contribution in [0.1, 0.15) is 24.0 Å². The fourth-order valence-electron chi connectivity index (χ4n) is 3.22. The van der Waals surface area contributed by atoms with Gasteiger partial charge in [0, 0.05) is 36.4 Å². The van der Waals surface area contributed by atoms with Crippen LogP contribution >= 0.6 is 35.4 Å². The summed E-state index contributed by atoms with van der Waals surface area (Å²) in [4.78, 5) is 4.29. The molecule has 1 aliphatic rings. The summed E-state index contributed by atoms with van der Waals surface area (Å²) in [6.45, 7) is 4.10. The van der Waals surface area contributed by atoms with Crippen molar-refractivity contribution in [3.63, 3.8) is 0 Å². The van der Waals surface area contributed by atoms with E-state index in [0.717, 1.165) is 36.6 Å². The van der Waals surface area contributed by atoms with E-state index >= 15 is 0 Å². The van der Waals surface area contributed by atoms with Gasteiger partial charge in [0.15, 0.2) is 5.11 Å². The smallest absolute Gasteiger partial charge is 0.171 e. The summed E-state index contributed by atoms with van der Waals surface area (Å²) < 4.78 is 5.57. The van der Waals surface area contributed by atoms with E-state index < -0.39 is 0 Å². The minimum atomic E-state index is -0.0582. The second kappa shape index (κ2) is 8.53. The van der Waals surface area contributed by atoms with Crippen molar-refractivity contribution in [3.05, 3.63) is 57.7 Å². The number of hydrogen-bond donors (Lipinski definition) is 2. The van der Waals surface area contributed by atoms with Gasteiger partial charge >= 0.3 is 0 Å². The molecule has 2 heterocycles. The molecular weight excluding hydrogens is 389 g/mol. The zero-order chi connectivity index (χ0) is 18.6. The number of rotatable bonds is 4. The van der Waals surface area contributed by atoms with Gasteiger partial charge in [-0.1, -0.05) is 35.3 Å². The van der Waals surface area contributed by atoms with Gasteiger partial charge in [0.2, 0.25) is 0 Å². The second-order valence-corrected chi connectivity index (χ2v) is 7.81. The lowest BCUT2D eigenvalue weighted by atomic mass is 9.74. The first-order valence-electron chi connectivity index (χ1n) is 8.49. The van der Waals surface area contributed by atoms with E-state index in [2.05, 4.69) is 21.7 Å². The molecule has 1 aromatic carbocycles. The summed E-state index contributed by atoms with van der Waals surface area (Å²) in [5.41, 5.74) is 2.10. The molecule has 0 saturated carbocycles. The van der Waals surface area contributed by atoms with E-state index in [9.17, 15) is 0 Å². The van der Waals surface area contributed by atoms with Gasteiger partial charge in [-0.3, -0.25) is 0 Å². The molecule has 1 aromatic heterocycles. The van der Waals surface area contributed by atoms with Crippen LogP contribution in [-0.2, 0) is 10.2 Å². The molecule has 2 N–H and O–H groups in total. The zero-order valence-electron chi connectivity index (χ0n) is 14.5. The van der Waals surface area contributed by atoms with Crippen molar-refractivity contribution in [2.45, 2.75) is 25.2 Å². The molecule has 0 aliphatic carbocycles.